The maximum atomic E-state index is 12.0. The van der Waals surface area contributed by atoms with E-state index in [0.29, 0.717) is 6.42 Å². The predicted octanol–water partition coefficient (Wildman–Crippen LogP) is 6.32. The first-order valence-corrected chi connectivity index (χ1v) is 10.2. The van der Waals surface area contributed by atoms with Crippen LogP contribution in [-0.2, 0) is 4.79 Å². The highest BCUT2D eigenvalue weighted by Crippen LogP contribution is 2.14. The van der Waals surface area contributed by atoms with Crippen LogP contribution < -0.4 is 0 Å². The number of carbonyl (C=O) groups is 1. The van der Waals surface area contributed by atoms with E-state index in [1.165, 1.54) is 21.6 Å². The second-order valence-electron chi connectivity index (χ2n) is 7.83. The van der Waals surface area contributed by atoms with Gasteiger partial charge >= 0.3 is 0 Å². The predicted molar refractivity (Wildman–Crippen MR) is 117 cm³/mol. The van der Waals surface area contributed by atoms with Crippen LogP contribution in [0.15, 0.2) is 46.6 Å². The molecule has 0 rings (SSSR count). The maximum Gasteiger partial charge on any atom is 0.248 e. The SMILES string of the molecule is CCC(O)N(C)C(=O)/C=C(\C)CC/C=C(\C)CC/C=C(\C)CCC=C(C)C. The van der Waals surface area contributed by atoms with E-state index in [0.717, 1.165) is 44.1 Å². The second kappa shape index (κ2) is 14.4. The lowest BCUT2D eigenvalue weighted by atomic mass is 10.0. The number of rotatable bonds is 12. The number of likely N-dealkylation sites (N-methyl/N-ethyl adjacent to an activating group) is 1. The average molecular weight is 376 g/mol. The third-order valence-corrected chi connectivity index (χ3v) is 4.68. The minimum absolute atomic E-state index is 0.128. The smallest absolute Gasteiger partial charge is 0.248 e. The molecular formula is C24H41NO2. The van der Waals surface area contributed by atoms with E-state index < -0.39 is 6.23 Å². The molecule has 0 radical (unpaired) electrons. The van der Waals surface area contributed by atoms with Crippen molar-refractivity contribution in [2.75, 3.05) is 7.05 Å². The van der Waals surface area contributed by atoms with Crippen LogP contribution >= 0.6 is 0 Å². The van der Waals surface area contributed by atoms with E-state index in [4.69, 9.17) is 0 Å². The van der Waals surface area contributed by atoms with Gasteiger partial charge in [0.15, 0.2) is 0 Å². The average Bonchev–Trinajstić information content (AvgIpc) is 2.59. The number of carbonyl (C=O) groups excluding carboxylic acids is 1. The van der Waals surface area contributed by atoms with Gasteiger partial charge in [0, 0.05) is 13.1 Å². The normalized spacial score (nSPS) is 14.1. The Morgan fingerprint density at radius 1 is 0.852 bits per heavy atom. The summed E-state index contributed by atoms with van der Waals surface area (Å²) in [5.74, 6) is -0.128. The fourth-order valence-corrected chi connectivity index (χ4v) is 2.69. The Balaban J connectivity index is 4.26. The summed E-state index contributed by atoms with van der Waals surface area (Å²) in [5, 5.41) is 9.71. The zero-order valence-electron chi connectivity index (χ0n) is 18.6. The zero-order valence-corrected chi connectivity index (χ0v) is 18.6. The summed E-state index contributed by atoms with van der Waals surface area (Å²) in [7, 11) is 1.64. The number of aliphatic hydroxyl groups excluding tert-OH is 1. The summed E-state index contributed by atoms with van der Waals surface area (Å²) in [6.45, 7) is 12.5. The van der Waals surface area contributed by atoms with Crippen molar-refractivity contribution < 1.29 is 9.90 Å². The van der Waals surface area contributed by atoms with E-state index >= 15 is 0 Å². The maximum absolute atomic E-state index is 12.0. The van der Waals surface area contributed by atoms with Gasteiger partial charge in [-0.2, -0.15) is 0 Å². The second-order valence-corrected chi connectivity index (χ2v) is 7.83. The molecule has 0 aromatic rings. The summed E-state index contributed by atoms with van der Waals surface area (Å²) < 4.78 is 0. The molecule has 1 atom stereocenters. The molecule has 0 heterocycles. The Morgan fingerprint density at radius 3 is 1.74 bits per heavy atom. The molecule has 0 aliphatic rings. The molecule has 1 unspecified atom stereocenters. The highest BCUT2D eigenvalue weighted by Gasteiger charge is 2.13. The third-order valence-electron chi connectivity index (χ3n) is 4.68. The van der Waals surface area contributed by atoms with Gasteiger partial charge in [0.05, 0.1) is 0 Å². The monoisotopic (exact) mass is 375 g/mol. The minimum Gasteiger partial charge on any atom is -0.374 e. The molecule has 0 aliphatic carbocycles. The number of nitrogens with zero attached hydrogens (tertiary/aromatic N) is 1. The Morgan fingerprint density at radius 2 is 1.30 bits per heavy atom. The van der Waals surface area contributed by atoms with E-state index in [9.17, 15) is 9.90 Å². The van der Waals surface area contributed by atoms with Crippen LogP contribution in [0.3, 0.4) is 0 Å². The van der Waals surface area contributed by atoms with Crippen LogP contribution in [-0.4, -0.2) is 29.2 Å². The highest BCUT2D eigenvalue weighted by molar-refractivity contribution is 5.88. The molecule has 1 amide bonds. The fourth-order valence-electron chi connectivity index (χ4n) is 2.69. The number of hydrogen-bond acceptors (Lipinski definition) is 2. The number of hydrogen-bond donors (Lipinski definition) is 1. The molecule has 0 saturated carbocycles. The van der Waals surface area contributed by atoms with Crippen molar-refractivity contribution in [2.45, 2.75) is 92.7 Å². The summed E-state index contributed by atoms with van der Waals surface area (Å²) in [6, 6.07) is 0. The molecule has 0 spiro atoms. The fraction of sp³-hybridized carbons (Fsp3) is 0.625. The van der Waals surface area contributed by atoms with Crippen molar-refractivity contribution in [3.63, 3.8) is 0 Å². The van der Waals surface area contributed by atoms with E-state index in [-0.39, 0.29) is 5.91 Å². The number of amides is 1. The summed E-state index contributed by atoms with van der Waals surface area (Å²) in [5.41, 5.74) is 5.31. The largest absolute Gasteiger partial charge is 0.374 e. The van der Waals surface area contributed by atoms with Crippen molar-refractivity contribution in [1.29, 1.82) is 0 Å². The van der Waals surface area contributed by atoms with Gasteiger partial charge in [-0.15, -0.1) is 0 Å². The van der Waals surface area contributed by atoms with Crippen molar-refractivity contribution in [2.24, 2.45) is 0 Å². The Bertz CT molecular complexity index is 563. The first-order chi connectivity index (χ1) is 12.7. The van der Waals surface area contributed by atoms with E-state index in [1.807, 2.05) is 13.8 Å². The topological polar surface area (TPSA) is 40.5 Å². The Labute approximate surface area is 167 Å². The van der Waals surface area contributed by atoms with Gasteiger partial charge in [-0.3, -0.25) is 4.79 Å². The van der Waals surface area contributed by atoms with Gasteiger partial charge in [-0.05, 0) is 79.6 Å². The number of allylic oxidation sites excluding steroid dienone is 7. The molecule has 0 aliphatic heterocycles. The van der Waals surface area contributed by atoms with Crippen LogP contribution in [0, 0.1) is 0 Å². The molecule has 0 bridgehead atoms. The lowest BCUT2D eigenvalue weighted by Gasteiger charge is -2.21. The first-order valence-electron chi connectivity index (χ1n) is 10.2. The highest BCUT2D eigenvalue weighted by atomic mass is 16.3. The summed E-state index contributed by atoms with van der Waals surface area (Å²) in [6.07, 6.45) is 14.7. The van der Waals surface area contributed by atoms with E-state index in [2.05, 4.69) is 45.9 Å². The molecule has 0 aromatic carbocycles. The molecule has 3 nitrogen and oxygen atoms in total. The summed E-state index contributed by atoms with van der Waals surface area (Å²) >= 11 is 0. The van der Waals surface area contributed by atoms with Gasteiger partial charge < -0.3 is 10.0 Å². The van der Waals surface area contributed by atoms with Crippen LogP contribution in [0.2, 0.25) is 0 Å². The molecule has 154 valence electrons. The molecule has 0 aromatic heterocycles. The van der Waals surface area contributed by atoms with E-state index in [1.54, 1.807) is 13.1 Å². The van der Waals surface area contributed by atoms with Crippen LogP contribution in [0.25, 0.3) is 0 Å². The number of aliphatic hydroxyl groups is 1. The quantitative estimate of drug-likeness (QED) is 0.246. The van der Waals surface area contributed by atoms with Crippen molar-refractivity contribution in [3.05, 3.63) is 46.6 Å². The van der Waals surface area contributed by atoms with Crippen LogP contribution in [0.5, 0.6) is 0 Å². The van der Waals surface area contributed by atoms with Gasteiger partial charge in [0.2, 0.25) is 5.91 Å². The molecule has 27 heavy (non-hydrogen) atoms. The van der Waals surface area contributed by atoms with Crippen LogP contribution in [0.1, 0.15) is 86.5 Å². The van der Waals surface area contributed by atoms with Gasteiger partial charge in [0.1, 0.15) is 6.23 Å². The van der Waals surface area contributed by atoms with Gasteiger partial charge in [-0.1, -0.05) is 47.4 Å². The van der Waals surface area contributed by atoms with Gasteiger partial charge in [0.25, 0.3) is 0 Å². The standard InChI is InChI=1S/C24H41NO2/c1-8-23(26)25(7)24(27)18-22(6)17-11-16-21(5)15-10-14-20(4)13-9-12-19(2)3/h12,14,16,18,23,26H,8-11,13,15,17H2,1-7H3/b20-14+,21-16+,22-18+. The molecule has 3 heteroatoms. The van der Waals surface area contributed by atoms with Crippen molar-refractivity contribution >= 4 is 5.91 Å². The zero-order chi connectivity index (χ0) is 20.8. The van der Waals surface area contributed by atoms with Crippen molar-refractivity contribution in [1.82, 2.24) is 4.90 Å². The molecular weight excluding hydrogens is 334 g/mol. The molecule has 1 N–H and O–H groups in total. The molecule has 0 saturated heterocycles. The minimum atomic E-state index is -0.706. The van der Waals surface area contributed by atoms with Gasteiger partial charge in [-0.25, -0.2) is 0 Å². The van der Waals surface area contributed by atoms with Crippen molar-refractivity contribution in [3.8, 4) is 0 Å². The Hall–Kier alpha value is -1.61. The summed E-state index contributed by atoms with van der Waals surface area (Å²) in [4.78, 5) is 13.4. The first kappa shape index (κ1) is 25.4. The van der Waals surface area contributed by atoms with Crippen LogP contribution in [0.4, 0.5) is 0 Å². The lowest BCUT2D eigenvalue weighted by Crippen LogP contribution is -2.35. The Kier molecular flexibility index (Phi) is 13.6. The molecule has 0 fully saturated rings. The lowest BCUT2D eigenvalue weighted by molar-refractivity contribution is -0.133. The third kappa shape index (κ3) is 13.2.